The lowest BCUT2D eigenvalue weighted by atomic mass is 10.0. The Morgan fingerprint density at radius 3 is 1.82 bits per heavy atom. The maximum atomic E-state index is 2.40. The lowest BCUT2D eigenvalue weighted by molar-refractivity contribution is 1.17. The van der Waals surface area contributed by atoms with Gasteiger partial charge in [0.2, 0.25) is 0 Å². The van der Waals surface area contributed by atoms with E-state index in [0.717, 1.165) is 22.7 Å². The first kappa shape index (κ1) is 25.8. The van der Waals surface area contributed by atoms with Crippen molar-refractivity contribution in [2.24, 2.45) is 0 Å². The first-order valence-electron chi connectivity index (χ1n) is 15.3. The highest BCUT2D eigenvalue weighted by Crippen LogP contribution is 2.41. The largest absolute Gasteiger partial charge is 0.310 e. The number of fused-ring (bicyclic) bond motifs is 6. The zero-order chi connectivity index (χ0) is 29.7. The fraction of sp³-hybridized carbons (Fsp3) is 0. The van der Waals surface area contributed by atoms with Gasteiger partial charge in [0.25, 0.3) is 0 Å². The summed E-state index contributed by atoms with van der Waals surface area (Å²) in [5.74, 6) is 0. The molecule has 0 N–H and O–H groups in total. The number of para-hydroxylation sites is 2. The van der Waals surface area contributed by atoms with Gasteiger partial charge in [-0.3, -0.25) is 0 Å². The topological polar surface area (TPSA) is 8.17 Å². The Labute approximate surface area is 265 Å². The molecule has 0 aliphatic carbocycles. The van der Waals surface area contributed by atoms with Crippen molar-refractivity contribution in [3.8, 4) is 16.8 Å². The molecular weight excluding hydrogens is 565 g/mol. The lowest BCUT2D eigenvalue weighted by Crippen LogP contribution is -2.09. The van der Waals surface area contributed by atoms with Crippen LogP contribution in [-0.2, 0) is 0 Å². The minimum Gasteiger partial charge on any atom is -0.310 e. The third-order valence-corrected chi connectivity index (χ3v) is 9.93. The van der Waals surface area contributed by atoms with Crippen molar-refractivity contribution in [2.75, 3.05) is 4.90 Å². The molecule has 2 heterocycles. The number of aromatic nitrogens is 1. The van der Waals surface area contributed by atoms with Gasteiger partial charge in [-0.15, -0.1) is 11.3 Å². The van der Waals surface area contributed by atoms with Crippen molar-refractivity contribution in [1.29, 1.82) is 0 Å². The van der Waals surface area contributed by atoms with Gasteiger partial charge >= 0.3 is 0 Å². The van der Waals surface area contributed by atoms with E-state index in [4.69, 9.17) is 0 Å². The number of anilines is 3. The zero-order valence-electron chi connectivity index (χ0n) is 24.5. The molecule has 7 aromatic carbocycles. The first-order chi connectivity index (χ1) is 22.3. The molecule has 0 fully saturated rings. The summed E-state index contributed by atoms with van der Waals surface area (Å²) in [4.78, 5) is 2.36. The smallest absolute Gasteiger partial charge is 0.0547 e. The normalized spacial score (nSPS) is 11.6. The van der Waals surface area contributed by atoms with Crippen molar-refractivity contribution in [3.05, 3.63) is 170 Å². The number of benzene rings is 7. The summed E-state index contributed by atoms with van der Waals surface area (Å²) in [6.45, 7) is 0. The van der Waals surface area contributed by atoms with Crippen LogP contribution in [0.1, 0.15) is 0 Å². The van der Waals surface area contributed by atoms with Crippen LogP contribution in [0.25, 0.3) is 58.8 Å². The summed E-state index contributed by atoms with van der Waals surface area (Å²) in [5.41, 5.74) is 9.40. The Kier molecular flexibility index (Phi) is 6.03. The molecule has 0 amide bonds. The molecule has 0 saturated heterocycles. The average molecular weight is 593 g/mol. The molecule has 0 aliphatic rings. The maximum Gasteiger partial charge on any atom is 0.0547 e. The number of hydrogen-bond acceptors (Lipinski definition) is 2. The van der Waals surface area contributed by atoms with Crippen molar-refractivity contribution >= 4 is 70.4 Å². The van der Waals surface area contributed by atoms with Crippen molar-refractivity contribution in [2.45, 2.75) is 0 Å². The second-order valence-electron chi connectivity index (χ2n) is 11.4. The second kappa shape index (κ2) is 10.5. The molecule has 0 unspecified atom stereocenters. The number of rotatable bonds is 5. The number of hydrogen-bond donors (Lipinski definition) is 0. The van der Waals surface area contributed by atoms with E-state index in [0.29, 0.717) is 0 Å². The van der Waals surface area contributed by atoms with Gasteiger partial charge < -0.3 is 9.47 Å². The van der Waals surface area contributed by atoms with Crippen LogP contribution < -0.4 is 4.90 Å². The summed E-state index contributed by atoms with van der Waals surface area (Å²) in [7, 11) is 0. The molecule has 0 aliphatic heterocycles. The van der Waals surface area contributed by atoms with Crippen LogP contribution in [0.2, 0.25) is 0 Å². The molecule has 45 heavy (non-hydrogen) atoms. The predicted octanol–water partition coefficient (Wildman–Crippen LogP) is 12.3. The van der Waals surface area contributed by atoms with Gasteiger partial charge in [-0.2, -0.15) is 0 Å². The Morgan fingerprint density at radius 1 is 0.378 bits per heavy atom. The molecular formula is C42H28N2S. The van der Waals surface area contributed by atoms with Crippen LogP contribution in [0, 0.1) is 0 Å². The van der Waals surface area contributed by atoms with Gasteiger partial charge in [-0.25, -0.2) is 0 Å². The highest BCUT2D eigenvalue weighted by atomic mass is 32.1. The SMILES string of the molecule is c1ccc(-c2ccc3c4ccccc4n(-c4ccc(N(c5ccccc5)c5ccc6sc7ccccc7c6c5)cc4)c3c2)cc1. The van der Waals surface area contributed by atoms with Crippen LogP contribution in [0.5, 0.6) is 0 Å². The van der Waals surface area contributed by atoms with E-state index in [2.05, 4.69) is 179 Å². The predicted molar refractivity (Wildman–Crippen MR) is 194 cm³/mol. The standard InChI is InChI=1S/C42H28N2S/c1-3-11-29(12-4-1)30-19-25-36-35-15-7-9-17-39(35)44(40(36)27-30)33-22-20-32(21-23-33)43(31-13-5-2-6-14-31)34-24-26-42-38(28-34)37-16-8-10-18-41(37)45-42/h1-28H. The van der Waals surface area contributed by atoms with Gasteiger partial charge in [-0.1, -0.05) is 97.1 Å². The van der Waals surface area contributed by atoms with Gasteiger partial charge in [0.1, 0.15) is 0 Å². The Hall–Kier alpha value is -5.64. The Morgan fingerprint density at radius 2 is 1.00 bits per heavy atom. The lowest BCUT2D eigenvalue weighted by Gasteiger charge is -2.26. The van der Waals surface area contributed by atoms with Crippen molar-refractivity contribution in [1.82, 2.24) is 4.57 Å². The quantitative estimate of drug-likeness (QED) is 0.193. The highest BCUT2D eigenvalue weighted by Gasteiger charge is 2.17. The molecule has 0 bridgehead atoms. The summed E-state index contributed by atoms with van der Waals surface area (Å²) in [6, 6.07) is 61.4. The van der Waals surface area contributed by atoms with Crippen molar-refractivity contribution in [3.63, 3.8) is 0 Å². The van der Waals surface area contributed by atoms with Crippen LogP contribution in [-0.4, -0.2) is 4.57 Å². The van der Waals surface area contributed by atoms with Crippen LogP contribution in [0.15, 0.2) is 170 Å². The third-order valence-electron chi connectivity index (χ3n) is 8.78. The molecule has 0 atom stereocenters. The van der Waals surface area contributed by atoms with E-state index < -0.39 is 0 Å². The maximum absolute atomic E-state index is 2.40. The van der Waals surface area contributed by atoms with Crippen LogP contribution in [0.3, 0.4) is 0 Å². The van der Waals surface area contributed by atoms with E-state index in [1.165, 1.54) is 53.1 Å². The molecule has 3 heteroatoms. The van der Waals surface area contributed by atoms with Gasteiger partial charge in [0, 0.05) is 53.7 Å². The number of nitrogens with zero attached hydrogens (tertiary/aromatic N) is 2. The minimum absolute atomic E-state index is 1.12. The Balaban J connectivity index is 1.20. The fourth-order valence-electron chi connectivity index (χ4n) is 6.69. The molecule has 0 spiro atoms. The highest BCUT2D eigenvalue weighted by molar-refractivity contribution is 7.25. The Bertz CT molecular complexity index is 2470. The summed E-state index contributed by atoms with van der Waals surface area (Å²) >= 11 is 1.85. The first-order valence-corrected chi connectivity index (χ1v) is 16.1. The summed E-state index contributed by atoms with van der Waals surface area (Å²) in [6.07, 6.45) is 0. The third kappa shape index (κ3) is 4.32. The molecule has 9 aromatic rings. The molecule has 2 nitrogen and oxygen atoms in total. The molecule has 9 rings (SSSR count). The average Bonchev–Trinajstić information content (AvgIpc) is 3.65. The summed E-state index contributed by atoms with van der Waals surface area (Å²) < 4.78 is 5.03. The van der Waals surface area contributed by atoms with Crippen LogP contribution in [0.4, 0.5) is 17.1 Å². The second-order valence-corrected chi connectivity index (χ2v) is 12.5. The zero-order valence-corrected chi connectivity index (χ0v) is 25.3. The minimum atomic E-state index is 1.12. The van der Waals surface area contributed by atoms with Gasteiger partial charge in [0.05, 0.1) is 11.0 Å². The molecule has 2 aromatic heterocycles. The van der Waals surface area contributed by atoms with E-state index >= 15 is 0 Å². The summed E-state index contributed by atoms with van der Waals surface area (Å²) in [5, 5.41) is 5.13. The van der Waals surface area contributed by atoms with Crippen molar-refractivity contribution < 1.29 is 0 Å². The number of thiophene rings is 1. The van der Waals surface area contributed by atoms with Gasteiger partial charge in [0.15, 0.2) is 0 Å². The molecule has 0 radical (unpaired) electrons. The fourth-order valence-corrected chi connectivity index (χ4v) is 7.77. The van der Waals surface area contributed by atoms with E-state index in [-0.39, 0.29) is 0 Å². The van der Waals surface area contributed by atoms with E-state index in [1.54, 1.807) is 0 Å². The molecule has 0 saturated carbocycles. The van der Waals surface area contributed by atoms with E-state index in [1.807, 2.05) is 11.3 Å². The molecule has 212 valence electrons. The van der Waals surface area contributed by atoms with Gasteiger partial charge in [-0.05, 0) is 83.9 Å². The van der Waals surface area contributed by atoms with Crippen LogP contribution >= 0.6 is 11.3 Å². The van der Waals surface area contributed by atoms with E-state index in [9.17, 15) is 0 Å². The monoisotopic (exact) mass is 592 g/mol.